The Morgan fingerprint density at radius 1 is 0.509 bits per heavy atom. The summed E-state index contributed by atoms with van der Waals surface area (Å²) in [5, 5.41) is 6.16. The molecule has 0 fully saturated rings. The van der Waals surface area contributed by atoms with Crippen molar-refractivity contribution in [3.05, 3.63) is 175 Å². The van der Waals surface area contributed by atoms with Gasteiger partial charge >= 0.3 is 0 Å². The molecule has 0 saturated heterocycles. The number of aromatic nitrogens is 4. The van der Waals surface area contributed by atoms with Crippen LogP contribution in [0.25, 0.3) is 94.6 Å². The van der Waals surface area contributed by atoms with Gasteiger partial charge in [-0.1, -0.05) is 122 Å². The molecule has 7 aromatic carbocycles. The summed E-state index contributed by atoms with van der Waals surface area (Å²) in [4.78, 5) is 10.3. The number of fused-ring (bicyclic) bond motifs is 9. The molecular weight excluding hydrogens is 645 g/mol. The van der Waals surface area contributed by atoms with E-state index in [1.54, 1.807) is 0 Å². The van der Waals surface area contributed by atoms with Gasteiger partial charge in [0.05, 0.1) is 33.3 Å². The summed E-state index contributed by atoms with van der Waals surface area (Å²) in [6.07, 6.45) is 5.69. The van der Waals surface area contributed by atoms with Gasteiger partial charge < -0.3 is 9.13 Å². The summed E-state index contributed by atoms with van der Waals surface area (Å²) in [5.74, 6) is 1.22. The standard InChI is InChI=1S/C49H34N4/c1-31-21-22-32-23-26-44-47(38(32)27-31)41-29-39-37-19-11-12-20-43(37)53(45(39)30-46(41)52(44)35-17-9-4-10-18-35)36-24-25-42-40(28-36)48(33-13-5-2-6-14-33)51-49(50-42)34-15-7-3-8-16-34/h2-26,28-31H,27H2,1H3. The van der Waals surface area contributed by atoms with E-state index in [0.717, 1.165) is 45.7 Å². The zero-order chi connectivity index (χ0) is 35.0. The van der Waals surface area contributed by atoms with Gasteiger partial charge in [0.15, 0.2) is 5.82 Å². The molecule has 10 aromatic rings. The van der Waals surface area contributed by atoms with Gasteiger partial charge in [0.25, 0.3) is 0 Å². The van der Waals surface area contributed by atoms with Crippen molar-refractivity contribution in [3.63, 3.8) is 0 Å². The number of nitrogens with zero attached hydrogens (tertiary/aromatic N) is 4. The summed E-state index contributed by atoms with van der Waals surface area (Å²) in [6, 6.07) is 56.5. The zero-order valence-electron chi connectivity index (χ0n) is 29.2. The van der Waals surface area contributed by atoms with E-state index in [1.165, 1.54) is 60.4 Å². The minimum atomic E-state index is 0.496. The monoisotopic (exact) mass is 678 g/mol. The van der Waals surface area contributed by atoms with Crippen molar-refractivity contribution in [2.45, 2.75) is 13.3 Å². The highest BCUT2D eigenvalue weighted by atomic mass is 15.0. The maximum atomic E-state index is 5.21. The predicted molar refractivity (Wildman–Crippen MR) is 221 cm³/mol. The molecule has 0 bridgehead atoms. The Bertz CT molecular complexity index is 3080. The summed E-state index contributed by atoms with van der Waals surface area (Å²) < 4.78 is 4.89. The molecule has 0 amide bonds. The first kappa shape index (κ1) is 29.9. The number of benzene rings is 7. The molecule has 250 valence electrons. The van der Waals surface area contributed by atoms with Crippen LogP contribution in [0, 0.1) is 5.92 Å². The molecule has 53 heavy (non-hydrogen) atoms. The van der Waals surface area contributed by atoms with Gasteiger partial charge in [0, 0.05) is 49.4 Å². The summed E-state index contributed by atoms with van der Waals surface area (Å²) in [6.45, 7) is 2.32. The molecule has 0 radical (unpaired) electrons. The Kier molecular flexibility index (Phi) is 6.56. The fraction of sp³-hybridized carbons (Fsp3) is 0.0612. The molecule has 1 aliphatic carbocycles. The largest absolute Gasteiger partial charge is 0.309 e. The van der Waals surface area contributed by atoms with E-state index in [-0.39, 0.29) is 0 Å². The third kappa shape index (κ3) is 4.62. The lowest BCUT2D eigenvalue weighted by Gasteiger charge is -2.17. The number of hydrogen-bond acceptors (Lipinski definition) is 2. The minimum Gasteiger partial charge on any atom is -0.309 e. The lowest BCUT2D eigenvalue weighted by Crippen LogP contribution is -2.04. The average molecular weight is 679 g/mol. The van der Waals surface area contributed by atoms with Gasteiger partial charge in [-0.15, -0.1) is 0 Å². The van der Waals surface area contributed by atoms with Gasteiger partial charge in [-0.3, -0.25) is 0 Å². The molecule has 4 heteroatoms. The first-order chi connectivity index (χ1) is 26.2. The third-order valence-corrected chi connectivity index (χ3v) is 11.0. The Hall–Kier alpha value is -6.78. The third-order valence-electron chi connectivity index (χ3n) is 11.0. The van der Waals surface area contributed by atoms with E-state index in [2.05, 4.69) is 168 Å². The first-order valence-electron chi connectivity index (χ1n) is 18.4. The van der Waals surface area contributed by atoms with Gasteiger partial charge in [0.2, 0.25) is 0 Å². The van der Waals surface area contributed by atoms with Crippen molar-refractivity contribution >= 4 is 60.6 Å². The van der Waals surface area contributed by atoms with Gasteiger partial charge in [-0.05, 0) is 78.1 Å². The smallest absolute Gasteiger partial charge is 0.160 e. The van der Waals surface area contributed by atoms with Crippen molar-refractivity contribution in [2.24, 2.45) is 5.92 Å². The molecule has 1 aliphatic rings. The van der Waals surface area contributed by atoms with E-state index < -0.39 is 0 Å². The van der Waals surface area contributed by atoms with Crippen LogP contribution in [0.15, 0.2) is 164 Å². The lowest BCUT2D eigenvalue weighted by molar-refractivity contribution is 0.721. The Morgan fingerprint density at radius 2 is 1.21 bits per heavy atom. The van der Waals surface area contributed by atoms with Crippen molar-refractivity contribution < 1.29 is 0 Å². The number of para-hydroxylation sites is 2. The van der Waals surface area contributed by atoms with E-state index in [0.29, 0.717) is 5.92 Å². The fourth-order valence-electron chi connectivity index (χ4n) is 8.61. The first-order valence-corrected chi connectivity index (χ1v) is 18.4. The van der Waals surface area contributed by atoms with Crippen LogP contribution in [-0.4, -0.2) is 19.1 Å². The molecule has 1 unspecified atom stereocenters. The summed E-state index contributed by atoms with van der Waals surface area (Å²) in [5.41, 5.74) is 13.7. The van der Waals surface area contributed by atoms with E-state index in [4.69, 9.17) is 9.97 Å². The maximum absolute atomic E-state index is 5.21. The van der Waals surface area contributed by atoms with Crippen LogP contribution >= 0.6 is 0 Å². The molecule has 1 atom stereocenters. The normalized spacial score (nSPS) is 14.2. The fourth-order valence-corrected chi connectivity index (χ4v) is 8.61. The highest BCUT2D eigenvalue weighted by Crippen LogP contribution is 2.43. The number of hydrogen-bond donors (Lipinski definition) is 0. The van der Waals surface area contributed by atoms with Crippen LogP contribution in [0.2, 0.25) is 0 Å². The van der Waals surface area contributed by atoms with Crippen LogP contribution in [-0.2, 0) is 6.42 Å². The second-order valence-electron chi connectivity index (χ2n) is 14.3. The van der Waals surface area contributed by atoms with Crippen LogP contribution in [0.1, 0.15) is 18.1 Å². The Labute approximate surface area is 306 Å². The molecule has 0 saturated carbocycles. The van der Waals surface area contributed by atoms with Gasteiger partial charge in [0.1, 0.15) is 0 Å². The Morgan fingerprint density at radius 3 is 2.02 bits per heavy atom. The maximum Gasteiger partial charge on any atom is 0.160 e. The SMILES string of the molecule is CC1C=Cc2ccc3c(c2C1)c1cc2c4ccccc4n(-c4ccc5nc(-c6ccccc6)nc(-c6ccccc6)c5c4)c2cc1n3-c1ccccc1. The lowest BCUT2D eigenvalue weighted by atomic mass is 9.87. The highest BCUT2D eigenvalue weighted by molar-refractivity contribution is 6.20. The van der Waals surface area contributed by atoms with E-state index in [1.807, 2.05) is 18.2 Å². The van der Waals surface area contributed by atoms with Crippen LogP contribution in [0.4, 0.5) is 0 Å². The summed E-state index contributed by atoms with van der Waals surface area (Å²) >= 11 is 0. The molecule has 0 spiro atoms. The number of rotatable bonds is 4. The Balaban J connectivity index is 1.23. The molecule has 3 aromatic heterocycles. The highest BCUT2D eigenvalue weighted by Gasteiger charge is 2.23. The predicted octanol–water partition coefficient (Wildman–Crippen LogP) is 12.4. The van der Waals surface area contributed by atoms with E-state index >= 15 is 0 Å². The minimum absolute atomic E-state index is 0.496. The summed E-state index contributed by atoms with van der Waals surface area (Å²) in [7, 11) is 0. The van der Waals surface area contributed by atoms with Crippen molar-refractivity contribution in [2.75, 3.05) is 0 Å². The molecule has 3 heterocycles. The topological polar surface area (TPSA) is 35.6 Å². The molecule has 11 rings (SSSR count). The second kappa shape index (κ2) is 11.6. The number of allylic oxidation sites excluding steroid dienone is 1. The molecular formula is C49H34N4. The molecule has 4 nitrogen and oxygen atoms in total. The molecule has 0 N–H and O–H groups in total. The van der Waals surface area contributed by atoms with Crippen LogP contribution < -0.4 is 0 Å². The van der Waals surface area contributed by atoms with E-state index in [9.17, 15) is 0 Å². The van der Waals surface area contributed by atoms with Gasteiger partial charge in [-0.25, -0.2) is 9.97 Å². The van der Waals surface area contributed by atoms with Crippen molar-refractivity contribution in [3.8, 4) is 34.0 Å². The molecule has 0 aliphatic heterocycles. The quantitative estimate of drug-likeness (QED) is 0.186. The van der Waals surface area contributed by atoms with Crippen molar-refractivity contribution in [1.82, 2.24) is 19.1 Å². The van der Waals surface area contributed by atoms with Crippen LogP contribution in [0.3, 0.4) is 0 Å². The zero-order valence-corrected chi connectivity index (χ0v) is 29.2. The second-order valence-corrected chi connectivity index (χ2v) is 14.3. The average Bonchev–Trinajstić information content (AvgIpc) is 3.72. The van der Waals surface area contributed by atoms with Crippen LogP contribution in [0.5, 0.6) is 0 Å². The van der Waals surface area contributed by atoms with Gasteiger partial charge in [-0.2, -0.15) is 0 Å². The van der Waals surface area contributed by atoms with Crippen molar-refractivity contribution in [1.29, 1.82) is 0 Å².